The number of esters is 1. The van der Waals surface area contributed by atoms with Crippen molar-refractivity contribution in [2.75, 3.05) is 13.7 Å². The van der Waals surface area contributed by atoms with E-state index in [0.717, 1.165) is 43.1 Å². The van der Waals surface area contributed by atoms with Crippen molar-refractivity contribution in [3.63, 3.8) is 0 Å². The monoisotopic (exact) mass is 750 g/mol. The number of allylic oxidation sites excluding steroid dienone is 1. The second-order valence-corrected chi connectivity index (χ2v) is 17.7. The number of benzene rings is 1. The standard InChI is InChI=1S/C43H58O11/c1-24(2)33-18-30-19-41(22-44)32-17-14-26(4)31(32)20-42(30,43(33,41)39(46)47)23-51-38-36(54-40(48)50-21-28-10-8-7-9-11-28)35(34(49-6)27(5)52-38)53-37(45)29-15-12-25(3)13-16-29/h7-11,18,22,24-27,29-32,34-36,38H,12-17,19-21,23H2,1-6H3,(H,46,47)/t25?,26?,27-,29?,30?,31?,32?,34-,35-,36+,38-,41?,42?,43?/m1/s1. The van der Waals surface area contributed by atoms with Gasteiger partial charge < -0.3 is 38.3 Å². The van der Waals surface area contributed by atoms with E-state index in [0.29, 0.717) is 37.5 Å². The van der Waals surface area contributed by atoms with Gasteiger partial charge in [0.2, 0.25) is 0 Å². The summed E-state index contributed by atoms with van der Waals surface area (Å²) in [4.78, 5) is 54.8. The highest BCUT2D eigenvalue weighted by Gasteiger charge is 2.84. The van der Waals surface area contributed by atoms with Gasteiger partial charge >= 0.3 is 18.1 Å². The Kier molecular flexibility index (Phi) is 10.8. The summed E-state index contributed by atoms with van der Waals surface area (Å²) in [6.45, 7) is 10.1. The molecule has 1 saturated heterocycles. The SMILES string of the molecule is CO[C@H]1[C@@H](OC(=O)C2CCC(C)CC2)[C@H](OC(=O)OCc2ccccc2)[C@H](OCC23CC4C(C)CCC4C4(C=O)CC2C=C(C(C)C)C43C(=O)O)O[C@@H]1C. The lowest BCUT2D eigenvalue weighted by Crippen LogP contribution is -2.65. The van der Waals surface area contributed by atoms with Crippen molar-refractivity contribution in [3.05, 3.63) is 47.5 Å². The van der Waals surface area contributed by atoms with Crippen molar-refractivity contribution < 1.29 is 52.7 Å². The molecule has 4 saturated carbocycles. The number of carbonyl (C=O) groups excluding carboxylic acids is 3. The summed E-state index contributed by atoms with van der Waals surface area (Å²) >= 11 is 0. The molecule has 7 unspecified atom stereocenters. The lowest BCUT2D eigenvalue weighted by atomic mass is 9.43. The summed E-state index contributed by atoms with van der Waals surface area (Å²) in [5.41, 5.74) is -1.92. The number of fused-ring (bicyclic) bond motifs is 2. The Morgan fingerprint density at radius 2 is 1.67 bits per heavy atom. The summed E-state index contributed by atoms with van der Waals surface area (Å²) in [5.74, 6) is -0.997. The highest BCUT2D eigenvalue weighted by atomic mass is 16.8. The fourth-order valence-electron chi connectivity index (χ4n) is 12.1. The number of ether oxygens (including phenoxy) is 6. The number of aldehydes is 1. The number of carboxylic acids is 1. The maximum absolute atomic E-state index is 14.0. The smallest absolute Gasteiger partial charge is 0.481 e. The van der Waals surface area contributed by atoms with Gasteiger partial charge in [-0.3, -0.25) is 9.59 Å². The third-order valence-electron chi connectivity index (χ3n) is 14.7. The zero-order valence-corrected chi connectivity index (χ0v) is 32.6. The molecule has 5 aliphatic carbocycles. The predicted molar refractivity (Wildman–Crippen MR) is 196 cm³/mol. The molecule has 0 amide bonds. The lowest BCUT2D eigenvalue weighted by Gasteiger charge is -2.58. The van der Waals surface area contributed by atoms with Crippen LogP contribution >= 0.6 is 0 Å². The molecule has 7 rings (SSSR count). The number of hydrogen-bond acceptors (Lipinski definition) is 10. The van der Waals surface area contributed by atoms with E-state index in [-0.39, 0.29) is 48.8 Å². The van der Waals surface area contributed by atoms with Gasteiger partial charge in [-0.2, -0.15) is 0 Å². The van der Waals surface area contributed by atoms with Crippen LogP contribution in [0.2, 0.25) is 0 Å². The first-order valence-electron chi connectivity index (χ1n) is 20.1. The van der Waals surface area contributed by atoms with Gasteiger partial charge in [-0.25, -0.2) is 4.79 Å². The van der Waals surface area contributed by atoms with Gasteiger partial charge in [-0.05, 0) is 92.9 Å². The Hall–Kier alpha value is -3.28. The minimum atomic E-state index is -1.46. The maximum Gasteiger partial charge on any atom is 0.509 e. The van der Waals surface area contributed by atoms with Crippen molar-refractivity contribution in [3.8, 4) is 0 Å². The van der Waals surface area contributed by atoms with E-state index in [4.69, 9.17) is 28.4 Å². The molecule has 1 aliphatic heterocycles. The van der Waals surface area contributed by atoms with Crippen LogP contribution in [0.3, 0.4) is 0 Å². The highest BCUT2D eigenvalue weighted by Crippen LogP contribution is 2.82. The summed E-state index contributed by atoms with van der Waals surface area (Å²) in [5, 5.41) is 11.5. The van der Waals surface area contributed by atoms with Gasteiger partial charge in [0.25, 0.3) is 0 Å². The normalized spacial score (nSPS) is 42.2. The van der Waals surface area contributed by atoms with Gasteiger partial charge in [0, 0.05) is 12.5 Å². The Labute approximate surface area is 318 Å². The van der Waals surface area contributed by atoms with E-state index in [9.17, 15) is 24.3 Å². The molecule has 1 heterocycles. The number of carboxylic acid groups (broad SMARTS) is 1. The van der Waals surface area contributed by atoms with Crippen LogP contribution in [0.1, 0.15) is 91.5 Å². The van der Waals surface area contributed by atoms with Crippen LogP contribution in [-0.4, -0.2) is 73.9 Å². The van der Waals surface area contributed by atoms with E-state index in [1.807, 2.05) is 44.2 Å². The molecule has 11 nitrogen and oxygen atoms in total. The van der Waals surface area contributed by atoms with Crippen LogP contribution in [0.15, 0.2) is 42.0 Å². The molecular weight excluding hydrogens is 692 g/mol. The molecule has 1 aromatic rings. The van der Waals surface area contributed by atoms with E-state index >= 15 is 0 Å². The third-order valence-corrected chi connectivity index (χ3v) is 14.7. The van der Waals surface area contributed by atoms with Gasteiger partial charge in [0.15, 0.2) is 18.5 Å². The first-order chi connectivity index (χ1) is 25.8. The van der Waals surface area contributed by atoms with E-state index in [1.54, 1.807) is 6.92 Å². The number of carbonyl (C=O) groups is 4. The number of aliphatic carboxylic acids is 1. The molecule has 1 N–H and O–H groups in total. The molecule has 54 heavy (non-hydrogen) atoms. The fraction of sp³-hybridized carbons (Fsp3) is 0.721. The largest absolute Gasteiger partial charge is 0.509 e. The van der Waals surface area contributed by atoms with Crippen molar-refractivity contribution in [2.45, 2.75) is 123 Å². The first-order valence-corrected chi connectivity index (χ1v) is 20.1. The van der Waals surface area contributed by atoms with Gasteiger partial charge in [-0.1, -0.05) is 76.1 Å². The van der Waals surface area contributed by atoms with Crippen molar-refractivity contribution >= 4 is 24.4 Å². The summed E-state index contributed by atoms with van der Waals surface area (Å²) < 4.78 is 36.9. The van der Waals surface area contributed by atoms with Crippen LogP contribution in [0.25, 0.3) is 0 Å². The first kappa shape index (κ1) is 39.0. The molecule has 4 bridgehead atoms. The Bertz CT molecular complexity index is 1600. The molecule has 6 aliphatic rings. The Morgan fingerprint density at radius 1 is 0.944 bits per heavy atom. The van der Waals surface area contributed by atoms with E-state index in [2.05, 4.69) is 19.9 Å². The Morgan fingerprint density at radius 3 is 2.31 bits per heavy atom. The maximum atomic E-state index is 14.0. The molecule has 0 spiro atoms. The molecule has 0 aromatic heterocycles. The van der Waals surface area contributed by atoms with Crippen LogP contribution in [-0.2, 0) is 49.4 Å². The quantitative estimate of drug-likeness (QED) is 0.132. The van der Waals surface area contributed by atoms with Crippen LogP contribution in [0.5, 0.6) is 0 Å². The minimum Gasteiger partial charge on any atom is -0.481 e. The molecule has 11 heteroatoms. The van der Waals surface area contributed by atoms with Gasteiger partial charge in [0.1, 0.15) is 24.4 Å². The number of methoxy groups -OCH3 is 1. The Balaban J connectivity index is 1.22. The van der Waals surface area contributed by atoms with Gasteiger partial charge in [-0.15, -0.1) is 0 Å². The zero-order valence-electron chi connectivity index (χ0n) is 32.6. The van der Waals surface area contributed by atoms with Crippen LogP contribution in [0, 0.1) is 57.7 Å². The molecule has 1 aromatic carbocycles. The average molecular weight is 751 g/mol. The molecule has 12 atom stereocenters. The summed E-state index contributed by atoms with van der Waals surface area (Å²) in [6, 6.07) is 9.20. The highest BCUT2D eigenvalue weighted by molar-refractivity contribution is 5.90. The average Bonchev–Trinajstić information content (AvgIpc) is 3.72. The minimum absolute atomic E-state index is 0.0304. The van der Waals surface area contributed by atoms with E-state index in [1.165, 1.54) is 7.11 Å². The van der Waals surface area contributed by atoms with Crippen LogP contribution < -0.4 is 0 Å². The van der Waals surface area contributed by atoms with Crippen molar-refractivity contribution in [2.24, 2.45) is 57.7 Å². The third kappa shape index (κ3) is 6.02. The molecule has 296 valence electrons. The lowest BCUT2D eigenvalue weighted by molar-refractivity contribution is -0.310. The predicted octanol–water partition coefficient (Wildman–Crippen LogP) is 7.15. The van der Waals surface area contributed by atoms with Gasteiger partial charge in [0.05, 0.1) is 24.0 Å². The number of rotatable bonds is 12. The topological polar surface area (TPSA) is 144 Å². The number of hydrogen-bond donors (Lipinski definition) is 1. The fourth-order valence-corrected chi connectivity index (χ4v) is 12.1. The molecular formula is C43H58O11. The zero-order chi connectivity index (χ0) is 38.6. The second kappa shape index (κ2) is 15.0. The summed E-state index contributed by atoms with van der Waals surface area (Å²) in [6.07, 6.45) is 3.03. The van der Waals surface area contributed by atoms with E-state index < -0.39 is 59.1 Å². The molecule has 5 fully saturated rings. The van der Waals surface area contributed by atoms with Crippen molar-refractivity contribution in [1.82, 2.24) is 0 Å². The van der Waals surface area contributed by atoms with Crippen molar-refractivity contribution in [1.29, 1.82) is 0 Å². The second-order valence-electron chi connectivity index (χ2n) is 17.7. The molecule has 0 radical (unpaired) electrons. The summed E-state index contributed by atoms with van der Waals surface area (Å²) in [7, 11) is 1.49. The van der Waals surface area contributed by atoms with Crippen LogP contribution in [0.4, 0.5) is 4.79 Å².